The van der Waals surface area contributed by atoms with Crippen molar-refractivity contribution < 1.29 is 0 Å². The van der Waals surface area contributed by atoms with Crippen molar-refractivity contribution >= 4 is 5.82 Å². The zero-order valence-electron chi connectivity index (χ0n) is 11.8. The topological polar surface area (TPSA) is 58.9 Å². The zero-order valence-corrected chi connectivity index (χ0v) is 11.8. The molecule has 1 aliphatic heterocycles. The van der Waals surface area contributed by atoms with Gasteiger partial charge in [0.2, 0.25) is 0 Å². The maximum atomic E-state index is 4.45. The Labute approximate surface area is 118 Å². The van der Waals surface area contributed by atoms with Gasteiger partial charge in [0.1, 0.15) is 18.0 Å². The van der Waals surface area contributed by atoms with E-state index in [4.69, 9.17) is 0 Å². The Kier molecular flexibility index (Phi) is 3.92. The third kappa shape index (κ3) is 2.80. The lowest BCUT2D eigenvalue weighted by atomic mass is 10.2. The molecular weight excluding hydrogens is 252 g/mol. The summed E-state index contributed by atoms with van der Waals surface area (Å²) in [5.41, 5.74) is 1.24. The number of pyridine rings is 1. The van der Waals surface area contributed by atoms with Crippen LogP contribution in [-0.4, -0.2) is 37.7 Å². The van der Waals surface area contributed by atoms with Crippen LogP contribution in [0.4, 0.5) is 5.82 Å². The Morgan fingerprint density at radius 2 is 2.30 bits per heavy atom. The largest absolute Gasteiger partial charge is 0.370 e. The molecule has 2 aromatic heterocycles. The maximum Gasteiger partial charge on any atom is 0.147 e. The van der Waals surface area contributed by atoms with Crippen molar-refractivity contribution in [3.63, 3.8) is 0 Å². The first-order valence-electron chi connectivity index (χ1n) is 7.13. The van der Waals surface area contributed by atoms with Crippen LogP contribution in [0.5, 0.6) is 0 Å². The Morgan fingerprint density at radius 3 is 3.20 bits per heavy atom. The molecule has 0 amide bonds. The molecule has 0 aromatic carbocycles. The van der Waals surface area contributed by atoms with E-state index < -0.39 is 0 Å². The fraction of sp³-hybridized carbons (Fsp3) is 0.500. The van der Waals surface area contributed by atoms with E-state index in [1.54, 1.807) is 0 Å². The van der Waals surface area contributed by atoms with E-state index in [1.807, 2.05) is 18.6 Å². The van der Waals surface area contributed by atoms with Gasteiger partial charge in [-0.3, -0.25) is 4.90 Å². The normalized spacial score (nSPS) is 15.1. The molecule has 0 atom stereocenters. The SMILES string of the molecule is CCCNc1ncccc1CN1CCn2cnnc2C1. The molecule has 0 aliphatic carbocycles. The zero-order chi connectivity index (χ0) is 13.8. The summed E-state index contributed by atoms with van der Waals surface area (Å²) >= 11 is 0. The number of fused-ring (bicyclic) bond motifs is 1. The summed E-state index contributed by atoms with van der Waals surface area (Å²) in [6.07, 6.45) is 4.75. The molecule has 0 fully saturated rings. The number of hydrogen-bond donors (Lipinski definition) is 1. The number of nitrogens with zero attached hydrogens (tertiary/aromatic N) is 5. The Bertz CT molecular complexity index is 564. The van der Waals surface area contributed by atoms with Crippen LogP contribution < -0.4 is 5.32 Å². The Morgan fingerprint density at radius 1 is 1.35 bits per heavy atom. The van der Waals surface area contributed by atoms with Gasteiger partial charge >= 0.3 is 0 Å². The van der Waals surface area contributed by atoms with Crippen LogP contribution in [0.25, 0.3) is 0 Å². The van der Waals surface area contributed by atoms with E-state index in [0.29, 0.717) is 0 Å². The van der Waals surface area contributed by atoms with Crippen LogP contribution in [-0.2, 0) is 19.6 Å². The first kappa shape index (κ1) is 13.1. The van der Waals surface area contributed by atoms with E-state index in [2.05, 4.69) is 43.0 Å². The van der Waals surface area contributed by atoms with Crippen LogP contribution in [0.1, 0.15) is 24.7 Å². The average molecular weight is 272 g/mol. The van der Waals surface area contributed by atoms with E-state index in [9.17, 15) is 0 Å². The lowest BCUT2D eigenvalue weighted by molar-refractivity contribution is 0.209. The van der Waals surface area contributed by atoms with Crippen LogP contribution in [0.2, 0.25) is 0 Å². The van der Waals surface area contributed by atoms with Gasteiger partial charge in [0.05, 0.1) is 6.54 Å². The molecule has 1 N–H and O–H groups in total. The van der Waals surface area contributed by atoms with Crippen molar-refractivity contribution in [1.82, 2.24) is 24.6 Å². The van der Waals surface area contributed by atoms with Crippen molar-refractivity contribution in [2.45, 2.75) is 33.0 Å². The van der Waals surface area contributed by atoms with E-state index >= 15 is 0 Å². The summed E-state index contributed by atoms with van der Waals surface area (Å²) < 4.78 is 2.12. The van der Waals surface area contributed by atoms with Crippen molar-refractivity contribution in [1.29, 1.82) is 0 Å². The molecule has 106 valence electrons. The van der Waals surface area contributed by atoms with Gasteiger partial charge in [-0.1, -0.05) is 13.0 Å². The lowest BCUT2D eigenvalue weighted by Crippen LogP contribution is -2.33. The maximum absolute atomic E-state index is 4.45. The molecule has 2 aromatic rings. The third-order valence-electron chi connectivity index (χ3n) is 3.55. The number of rotatable bonds is 5. The molecule has 0 saturated carbocycles. The molecule has 0 unspecified atom stereocenters. The quantitative estimate of drug-likeness (QED) is 0.894. The summed E-state index contributed by atoms with van der Waals surface area (Å²) in [6, 6.07) is 4.14. The summed E-state index contributed by atoms with van der Waals surface area (Å²) in [4.78, 5) is 6.83. The van der Waals surface area contributed by atoms with Gasteiger partial charge in [-0.15, -0.1) is 10.2 Å². The fourth-order valence-electron chi connectivity index (χ4n) is 2.46. The van der Waals surface area contributed by atoms with Crippen molar-refractivity contribution in [2.75, 3.05) is 18.4 Å². The molecular formula is C14H20N6. The van der Waals surface area contributed by atoms with Gasteiger partial charge in [0, 0.05) is 37.9 Å². The molecule has 3 rings (SSSR count). The van der Waals surface area contributed by atoms with Gasteiger partial charge in [-0.2, -0.15) is 0 Å². The summed E-state index contributed by atoms with van der Waals surface area (Å²) in [5.74, 6) is 2.05. The molecule has 20 heavy (non-hydrogen) atoms. The summed E-state index contributed by atoms with van der Waals surface area (Å²) in [6.45, 7) is 6.84. The molecule has 0 bridgehead atoms. The second-order valence-electron chi connectivity index (χ2n) is 5.09. The van der Waals surface area contributed by atoms with Gasteiger partial charge in [-0.05, 0) is 12.5 Å². The fourth-order valence-corrected chi connectivity index (χ4v) is 2.46. The average Bonchev–Trinajstić information content (AvgIpc) is 2.94. The standard InChI is InChI=1S/C14H20N6/c1-2-5-15-14-12(4-3-6-16-14)9-19-7-8-20-11-17-18-13(20)10-19/h3-4,6,11H,2,5,7-10H2,1H3,(H,15,16). The van der Waals surface area contributed by atoms with Crippen molar-refractivity contribution in [3.05, 3.63) is 36.0 Å². The van der Waals surface area contributed by atoms with Crippen LogP contribution in [0.3, 0.4) is 0 Å². The first-order chi connectivity index (χ1) is 9.86. The molecule has 6 heteroatoms. The minimum absolute atomic E-state index is 0.849. The number of anilines is 1. The second kappa shape index (κ2) is 6.00. The highest BCUT2D eigenvalue weighted by molar-refractivity contribution is 5.43. The molecule has 6 nitrogen and oxygen atoms in total. The minimum atomic E-state index is 0.849. The van der Waals surface area contributed by atoms with Crippen LogP contribution in [0.15, 0.2) is 24.7 Å². The molecule has 0 saturated heterocycles. The highest BCUT2D eigenvalue weighted by Crippen LogP contribution is 2.17. The van der Waals surface area contributed by atoms with E-state index in [0.717, 1.165) is 50.8 Å². The number of hydrogen-bond acceptors (Lipinski definition) is 5. The smallest absolute Gasteiger partial charge is 0.147 e. The van der Waals surface area contributed by atoms with E-state index in [-0.39, 0.29) is 0 Å². The summed E-state index contributed by atoms with van der Waals surface area (Å²) in [5, 5.41) is 11.5. The molecule has 3 heterocycles. The van der Waals surface area contributed by atoms with Crippen LogP contribution >= 0.6 is 0 Å². The highest BCUT2D eigenvalue weighted by atomic mass is 15.3. The van der Waals surface area contributed by atoms with Gasteiger partial charge in [0.15, 0.2) is 0 Å². The lowest BCUT2D eigenvalue weighted by Gasteiger charge is -2.27. The third-order valence-corrected chi connectivity index (χ3v) is 3.55. The van der Waals surface area contributed by atoms with Crippen molar-refractivity contribution in [2.24, 2.45) is 0 Å². The molecule has 0 spiro atoms. The predicted molar refractivity (Wildman–Crippen MR) is 77.2 cm³/mol. The Balaban J connectivity index is 1.69. The number of nitrogens with one attached hydrogen (secondary N) is 1. The second-order valence-corrected chi connectivity index (χ2v) is 5.09. The predicted octanol–water partition coefficient (Wildman–Crippen LogP) is 1.51. The number of aromatic nitrogens is 4. The monoisotopic (exact) mass is 272 g/mol. The molecule has 0 radical (unpaired) electrons. The van der Waals surface area contributed by atoms with E-state index in [1.165, 1.54) is 5.56 Å². The molecule has 1 aliphatic rings. The Hall–Kier alpha value is -1.95. The highest BCUT2D eigenvalue weighted by Gasteiger charge is 2.18. The first-order valence-corrected chi connectivity index (χ1v) is 7.13. The van der Waals surface area contributed by atoms with Gasteiger partial charge < -0.3 is 9.88 Å². The van der Waals surface area contributed by atoms with Crippen LogP contribution in [0, 0.1) is 0 Å². The summed E-state index contributed by atoms with van der Waals surface area (Å²) in [7, 11) is 0. The minimum Gasteiger partial charge on any atom is -0.370 e. The van der Waals surface area contributed by atoms with Gasteiger partial charge in [-0.25, -0.2) is 4.98 Å². The van der Waals surface area contributed by atoms with Crippen molar-refractivity contribution in [3.8, 4) is 0 Å². The van der Waals surface area contributed by atoms with Gasteiger partial charge in [0.25, 0.3) is 0 Å².